The molecule has 2 amide bonds. The number of aliphatic carboxylic acids is 1. The number of likely N-dealkylation sites (tertiary alicyclic amines) is 1. The van der Waals surface area contributed by atoms with Gasteiger partial charge in [0, 0.05) is 25.2 Å². The lowest BCUT2D eigenvalue weighted by atomic mass is 10.0. The second kappa shape index (κ2) is 6.61. The number of amides is 2. The molecule has 21 heavy (non-hydrogen) atoms. The molecule has 1 atom stereocenters. The van der Waals surface area contributed by atoms with E-state index in [0.717, 1.165) is 17.7 Å². The molecule has 0 bridgehead atoms. The number of urea groups is 1. The van der Waals surface area contributed by atoms with Gasteiger partial charge in [-0.05, 0) is 44.2 Å². The SMILES string of the molecule is Cc1ccc(NC(=O)N2CCC(CCC(=O)O)C2)c(C)c1. The van der Waals surface area contributed by atoms with Gasteiger partial charge in [-0.2, -0.15) is 0 Å². The second-order valence-corrected chi connectivity index (χ2v) is 5.78. The van der Waals surface area contributed by atoms with E-state index >= 15 is 0 Å². The van der Waals surface area contributed by atoms with Crippen LogP contribution in [0.15, 0.2) is 18.2 Å². The number of carboxylic acid groups (broad SMARTS) is 1. The summed E-state index contributed by atoms with van der Waals surface area (Å²) in [6.07, 6.45) is 1.70. The Labute approximate surface area is 125 Å². The zero-order valence-electron chi connectivity index (χ0n) is 12.6. The molecule has 0 saturated carbocycles. The van der Waals surface area contributed by atoms with Crippen molar-refractivity contribution in [1.29, 1.82) is 0 Å². The van der Waals surface area contributed by atoms with E-state index in [0.29, 0.717) is 25.4 Å². The van der Waals surface area contributed by atoms with Gasteiger partial charge in [0.05, 0.1) is 0 Å². The molecule has 1 aliphatic rings. The molecule has 0 radical (unpaired) electrons. The Hall–Kier alpha value is -2.04. The number of rotatable bonds is 4. The van der Waals surface area contributed by atoms with Crippen molar-refractivity contribution >= 4 is 17.7 Å². The first-order valence-electron chi connectivity index (χ1n) is 7.30. The Morgan fingerprint density at radius 3 is 2.81 bits per heavy atom. The summed E-state index contributed by atoms with van der Waals surface area (Å²) in [5.74, 6) is -0.473. The zero-order valence-corrected chi connectivity index (χ0v) is 12.6. The number of hydrogen-bond acceptors (Lipinski definition) is 2. The van der Waals surface area contributed by atoms with Gasteiger partial charge in [-0.15, -0.1) is 0 Å². The lowest BCUT2D eigenvalue weighted by Crippen LogP contribution is -2.33. The molecule has 5 heteroatoms. The maximum Gasteiger partial charge on any atom is 0.321 e. The highest BCUT2D eigenvalue weighted by molar-refractivity contribution is 5.90. The first-order valence-corrected chi connectivity index (χ1v) is 7.30. The highest BCUT2D eigenvalue weighted by Crippen LogP contribution is 2.23. The van der Waals surface area contributed by atoms with Crippen molar-refractivity contribution in [1.82, 2.24) is 4.90 Å². The number of aryl methyl sites for hydroxylation is 2. The van der Waals surface area contributed by atoms with E-state index < -0.39 is 5.97 Å². The largest absolute Gasteiger partial charge is 0.481 e. The van der Waals surface area contributed by atoms with Crippen molar-refractivity contribution in [2.45, 2.75) is 33.1 Å². The average Bonchev–Trinajstić information content (AvgIpc) is 2.88. The van der Waals surface area contributed by atoms with E-state index in [-0.39, 0.29) is 12.5 Å². The van der Waals surface area contributed by atoms with Crippen LogP contribution in [0.2, 0.25) is 0 Å². The quantitative estimate of drug-likeness (QED) is 0.895. The molecule has 1 unspecified atom stereocenters. The van der Waals surface area contributed by atoms with Crippen molar-refractivity contribution in [3.05, 3.63) is 29.3 Å². The van der Waals surface area contributed by atoms with Crippen LogP contribution in [0.1, 0.15) is 30.4 Å². The van der Waals surface area contributed by atoms with Crippen LogP contribution >= 0.6 is 0 Å². The lowest BCUT2D eigenvalue weighted by molar-refractivity contribution is -0.137. The molecule has 2 N–H and O–H groups in total. The van der Waals surface area contributed by atoms with Gasteiger partial charge >= 0.3 is 12.0 Å². The molecule has 2 rings (SSSR count). The molecule has 5 nitrogen and oxygen atoms in total. The third kappa shape index (κ3) is 4.21. The molecule has 0 aliphatic carbocycles. The summed E-state index contributed by atoms with van der Waals surface area (Å²) >= 11 is 0. The highest BCUT2D eigenvalue weighted by Gasteiger charge is 2.26. The molecular weight excluding hydrogens is 268 g/mol. The summed E-state index contributed by atoms with van der Waals surface area (Å²) in [6.45, 7) is 5.33. The maximum atomic E-state index is 12.2. The third-order valence-electron chi connectivity index (χ3n) is 3.96. The Bertz CT molecular complexity index is 542. The fourth-order valence-electron chi connectivity index (χ4n) is 2.73. The van der Waals surface area contributed by atoms with Crippen LogP contribution in [-0.4, -0.2) is 35.1 Å². The van der Waals surface area contributed by atoms with Crippen LogP contribution in [0.5, 0.6) is 0 Å². The van der Waals surface area contributed by atoms with Gasteiger partial charge in [-0.1, -0.05) is 17.7 Å². The zero-order chi connectivity index (χ0) is 15.4. The predicted octanol–water partition coefficient (Wildman–Crippen LogP) is 3.02. The minimum Gasteiger partial charge on any atom is -0.481 e. The van der Waals surface area contributed by atoms with E-state index in [1.54, 1.807) is 4.90 Å². The Balaban J connectivity index is 1.88. The van der Waals surface area contributed by atoms with Crippen molar-refractivity contribution in [2.75, 3.05) is 18.4 Å². The second-order valence-electron chi connectivity index (χ2n) is 5.78. The number of carbonyl (C=O) groups excluding carboxylic acids is 1. The van der Waals surface area contributed by atoms with Crippen molar-refractivity contribution in [3.63, 3.8) is 0 Å². The fraction of sp³-hybridized carbons (Fsp3) is 0.500. The van der Waals surface area contributed by atoms with E-state index in [2.05, 4.69) is 5.32 Å². The minimum atomic E-state index is -0.770. The summed E-state index contributed by atoms with van der Waals surface area (Å²) in [4.78, 5) is 24.6. The number of anilines is 1. The van der Waals surface area contributed by atoms with Crippen LogP contribution in [0.4, 0.5) is 10.5 Å². The first-order chi connectivity index (χ1) is 9.95. The van der Waals surface area contributed by atoms with Crippen LogP contribution in [0, 0.1) is 19.8 Å². The number of nitrogens with one attached hydrogen (secondary N) is 1. The van der Waals surface area contributed by atoms with Gasteiger partial charge in [0.15, 0.2) is 0 Å². The summed E-state index contributed by atoms with van der Waals surface area (Å²) in [7, 11) is 0. The minimum absolute atomic E-state index is 0.0974. The van der Waals surface area contributed by atoms with E-state index in [4.69, 9.17) is 5.11 Å². The summed E-state index contributed by atoms with van der Waals surface area (Å²) in [5.41, 5.74) is 3.05. The van der Waals surface area contributed by atoms with E-state index in [1.807, 2.05) is 32.0 Å². The first kappa shape index (κ1) is 15.4. The molecular formula is C16H22N2O3. The van der Waals surface area contributed by atoms with Gasteiger partial charge in [0.25, 0.3) is 0 Å². The number of nitrogens with zero attached hydrogens (tertiary/aromatic N) is 1. The lowest BCUT2D eigenvalue weighted by Gasteiger charge is -2.18. The van der Waals surface area contributed by atoms with Gasteiger partial charge < -0.3 is 15.3 Å². The average molecular weight is 290 g/mol. The van der Waals surface area contributed by atoms with Gasteiger partial charge in [-0.3, -0.25) is 4.79 Å². The van der Waals surface area contributed by atoms with Crippen LogP contribution < -0.4 is 5.32 Å². The van der Waals surface area contributed by atoms with Crippen LogP contribution in [0.25, 0.3) is 0 Å². The normalized spacial score (nSPS) is 17.8. The molecule has 1 fully saturated rings. The number of carbonyl (C=O) groups is 2. The topological polar surface area (TPSA) is 69.6 Å². The number of benzene rings is 1. The summed E-state index contributed by atoms with van der Waals surface area (Å²) < 4.78 is 0. The smallest absolute Gasteiger partial charge is 0.321 e. The van der Waals surface area contributed by atoms with Gasteiger partial charge in [0.2, 0.25) is 0 Å². The Kier molecular flexibility index (Phi) is 4.83. The maximum absolute atomic E-state index is 12.2. The molecule has 114 valence electrons. The molecule has 1 aliphatic heterocycles. The van der Waals surface area contributed by atoms with Gasteiger partial charge in [0.1, 0.15) is 0 Å². The van der Waals surface area contributed by atoms with Crippen molar-refractivity contribution in [3.8, 4) is 0 Å². The van der Waals surface area contributed by atoms with E-state index in [9.17, 15) is 9.59 Å². The van der Waals surface area contributed by atoms with Gasteiger partial charge in [-0.25, -0.2) is 4.79 Å². The molecule has 1 heterocycles. The van der Waals surface area contributed by atoms with Crippen LogP contribution in [-0.2, 0) is 4.79 Å². The molecule has 1 saturated heterocycles. The molecule has 1 aromatic carbocycles. The number of hydrogen-bond donors (Lipinski definition) is 2. The molecule has 0 spiro atoms. The molecule has 0 aromatic heterocycles. The standard InChI is InChI=1S/C16H22N2O3/c1-11-3-5-14(12(2)9-11)17-16(21)18-8-7-13(10-18)4-6-15(19)20/h3,5,9,13H,4,6-8,10H2,1-2H3,(H,17,21)(H,19,20). The Morgan fingerprint density at radius 2 is 2.14 bits per heavy atom. The number of carboxylic acids is 1. The molecule has 1 aromatic rings. The highest BCUT2D eigenvalue weighted by atomic mass is 16.4. The third-order valence-corrected chi connectivity index (χ3v) is 3.96. The van der Waals surface area contributed by atoms with Crippen molar-refractivity contribution in [2.24, 2.45) is 5.92 Å². The fourth-order valence-corrected chi connectivity index (χ4v) is 2.73. The Morgan fingerprint density at radius 1 is 1.38 bits per heavy atom. The van der Waals surface area contributed by atoms with Crippen LogP contribution in [0.3, 0.4) is 0 Å². The monoisotopic (exact) mass is 290 g/mol. The summed E-state index contributed by atoms with van der Waals surface area (Å²) in [6, 6.07) is 5.83. The predicted molar refractivity (Wildman–Crippen MR) is 81.5 cm³/mol. The summed E-state index contributed by atoms with van der Waals surface area (Å²) in [5, 5.41) is 11.6. The van der Waals surface area contributed by atoms with E-state index in [1.165, 1.54) is 5.56 Å². The van der Waals surface area contributed by atoms with Crippen molar-refractivity contribution < 1.29 is 14.7 Å².